The van der Waals surface area contributed by atoms with Gasteiger partial charge in [-0.05, 0) is 61.1 Å². The van der Waals surface area contributed by atoms with Crippen LogP contribution in [-0.4, -0.2) is 42.8 Å². The van der Waals surface area contributed by atoms with Crippen molar-refractivity contribution >= 4 is 33.7 Å². The number of pyridine rings is 1. The van der Waals surface area contributed by atoms with Crippen molar-refractivity contribution in [3.8, 4) is 6.07 Å². The van der Waals surface area contributed by atoms with E-state index in [2.05, 4.69) is 62.0 Å². The maximum absolute atomic E-state index is 10.3. The van der Waals surface area contributed by atoms with E-state index in [0.717, 1.165) is 73.6 Å². The minimum Gasteiger partial charge on any atom is -0.384 e. The number of para-hydroxylation sites is 1. The first-order valence-corrected chi connectivity index (χ1v) is 12.7. The fourth-order valence-corrected chi connectivity index (χ4v) is 5.46. The summed E-state index contributed by atoms with van der Waals surface area (Å²) >= 11 is 0. The highest BCUT2D eigenvalue weighted by atomic mass is 16.5. The molecule has 7 nitrogen and oxygen atoms in total. The van der Waals surface area contributed by atoms with Crippen LogP contribution in [0.1, 0.15) is 28.8 Å². The minimum atomic E-state index is 0.660. The van der Waals surface area contributed by atoms with E-state index in [4.69, 9.17) is 4.74 Å². The van der Waals surface area contributed by atoms with Crippen LogP contribution in [0, 0.1) is 11.3 Å². The Morgan fingerprint density at radius 2 is 1.89 bits per heavy atom. The van der Waals surface area contributed by atoms with Gasteiger partial charge in [-0.15, -0.1) is 0 Å². The van der Waals surface area contributed by atoms with E-state index in [-0.39, 0.29) is 0 Å². The van der Waals surface area contributed by atoms with Crippen LogP contribution in [0.3, 0.4) is 0 Å². The Balaban J connectivity index is 1.30. The third kappa shape index (κ3) is 4.25. The van der Waals surface area contributed by atoms with Crippen LogP contribution in [0.4, 0.5) is 22.7 Å². The number of hydrogen-bond acceptors (Lipinski definition) is 6. The lowest BCUT2D eigenvalue weighted by Gasteiger charge is -2.32. The number of aromatic amines is 1. The van der Waals surface area contributed by atoms with Crippen LogP contribution in [0.15, 0.2) is 54.9 Å². The average molecular weight is 479 g/mol. The van der Waals surface area contributed by atoms with E-state index in [1.165, 1.54) is 22.2 Å². The number of H-pyrrole nitrogens is 1. The molecule has 6 rings (SSSR count). The average Bonchev–Trinajstić information content (AvgIpc) is 3.57. The smallest absolute Gasteiger partial charge is 0.104 e. The van der Waals surface area contributed by atoms with E-state index < -0.39 is 0 Å². The number of rotatable bonds is 7. The number of morpholine rings is 1. The number of anilines is 4. The molecule has 1 fully saturated rings. The molecule has 1 aliphatic carbocycles. The minimum absolute atomic E-state index is 0.660. The lowest BCUT2D eigenvalue weighted by molar-refractivity contribution is 0.123. The number of benzene rings is 2. The molecule has 0 saturated carbocycles. The van der Waals surface area contributed by atoms with Crippen LogP contribution in [-0.2, 0) is 24.0 Å². The Morgan fingerprint density at radius 1 is 1.03 bits per heavy atom. The molecule has 36 heavy (non-hydrogen) atoms. The fraction of sp³-hybridized carbons (Fsp3) is 0.310. The third-order valence-electron chi connectivity index (χ3n) is 7.26. The quantitative estimate of drug-likeness (QED) is 0.340. The van der Waals surface area contributed by atoms with Crippen LogP contribution in [0.25, 0.3) is 10.9 Å². The van der Waals surface area contributed by atoms with Crippen LogP contribution in [0.5, 0.6) is 0 Å². The van der Waals surface area contributed by atoms with Gasteiger partial charge in [-0.25, -0.2) is 0 Å². The number of nitrogens with zero attached hydrogens (tertiary/aromatic N) is 3. The summed E-state index contributed by atoms with van der Waals surface area (Å²) in [4.78, 5) is 10.2. The second-order valence-corrected chi connectivity index (χ2v) is 9.39. The molecule has 0 atom stereocenters. The first-order chi connectivity index (χ1) is 17.8. The summed E-state index contributed by atoms with van der Waals surface area (Å²) in [6.45, 7) is 3.58. The molecule has 0 radical (unpaired) electrons. The van der Waals surface area contributed by atoms with Gasteiger partial charge in [-0.1, -0.05) is 18.2 Å². The second kappa shape index (κ2) is 9.92. The number of nitriles is 1. The molecule has 2 aromatic heterocycles. The van der Waals surface area contributed by atoms with Crippen molar-refractivity contribution in [3.63, 3.8) is 0 Å². The van der Waals surface area contributed by atoms with Crippen molar-refractivity contribution in [1.29, 1.82) is 5.26 Å². The number of fused-ring (bicyclic) bond motifs is 2. The summed E-state index contributed by atoms with van der Waals surface area (Å²) in [5.74, 6) is 0. The molecule has 0 amide bonds. The summed E-state index contributed by atoms with van der Waals surface area (Å²) in [6, 6.07) is 17.0. The second-order valence-electron chi connectivity index (χ2n) is 9.39. The summed E-state index contributed by atoms with van der Waals surface area (Å²) in [6.07, 6.45) is 8.04. The molecule has 3 heterocycles. The standard InChI is InChI=1S/C29H30N6O/c30-18-23-26(31-12-10-20-19-33-24-6-2-1-4-21(20)24)8-9-28(29(23)35-14-16-36-17-15-35)34-27-11-13-32-25-7-3-5-22(25)27/h1-2,4,6,8-9,11,13,19,31,33H,3,5,7,10,12,14-17H2,(H,32,34). The number of aryl methyl sites for hydroxylation is 1. The number of hydrogen-bond donors (Lipinski definition) is 3. The van der Waals surface area contributed by atoms with Crippen molar-refractivity contribution in [2.45, 2.75) is 25.7 Å². The predicted molar refractivity (Wildman–Crippen MR) is 144 cm³/mol. The molecule has 0 unspecified atom stereocenters. The van der Waals surface area contributed by atoms with Crippen molar-refractivity contribution in [1.82, 2.24) is 9.97 Å². The van der Waals surface area contributed by atoms with Gasteiger partial charge in [0, 0.05) is 54.3 Å². The Kier molecular flexibility index (Phi) is 6.18. The summed E-state index contributed by atoms with van der Waals surface area (Å²) in [7, 11) is 0. The van der Waals surface area contributed by atoms with Gasteiger partial charge in [0.1, 0.15) is 11.6 Å². The first kappa shape index (κ1) is 22.4. The zero-order valence-corrected chi connectivity index (χ0v) is 20.3. The van der Waals surface area contributed by atoms with Gasteiger partial charge in [0.25, 0.3) is 0 Å². The topological polar surface area (TPSA) is 89.0 Å². The number of aromatic nitrogens is 2. The zero-order valence-electron chi connectivity index (χ0n) is 20.3. The normalized spacial score (nSPS) is 15.0. The van der Waals surface area contributed by atoms with Gasteiger partial charge >= 0.3 is 0 Å². The molecule has 7 heteroatoms. The van der Waals surface area contributed by atoms with Gasteiger partial charge < -0.3 is 25.3 Å². The van der Waals surface area contributed by atoms with Crippen molar-refractivity contribution in [2.75, 3.05) is 48.4 Å². The van der Waals surface area contributed by atoms with Crippen LogP contribution >= 0.6 is 0 Å². The predicted octanol–water partition coefficient (Wildman–Crippen LogP) is 5.16. The maximum atomic E-state index is 10.3. The van der Waals surface area contributed by atoms with Gasteiger partial charge in [0.05, 0.1) is 30.3 Å². The number of nitrogens with one attached hydrogen (secondary N) is 3. The molecule has 182 valence electrons. The highest BCUT2D eigenvalue weighted by Gasteiger charge is 2.23. The highest BCUT2D eigenvalue weighted by molar-refractivity contribution is 5.87. The van der Waals surface area contributed by atoms with E-state index in [9.17, 15) is 5.26 Å². The molecular weight excluding hydrogens is 448 g/mol. The van der Waals surface area contributed by atoms with Crippen LogP contribution in [0.2, 0.25) is 0 Å². The molecule has 2 aliphatic rings. The Bertz CT molecular complexity index is 1430. The van der Waals surface area contributed by atoms with Gasteiger partial charge in [0.2, 0.25) is 0 Å². The van der Waals surface area contributed by atoms with Crippen molar-refractivity contribution in [2.24, 2.45) is 0 Å². The molecule has 1 aliphatic heterocycles. The lowest BCUT2D eigenvalue weighted by Crippen LogP contribution is -2.37. The molecule has 3 N–H and O–H groups in total. The Morgan fingerprint density at radius 3 is 2.78 bits per heavy atom. The largest absolute Gasteiger partial charge is 0.384 e. The van der Waals surface area contributed by atoms with Gasteiger partial charge in [-0.2, -0.15) is 5.26 Å². The molecule has 2 aromatic carbocycles. The Hall–Kier alpha value is -4.02. The van der Waals surface area contributed by atoms with E-state index >= 15 is 0 Å². The monoisotopic (exact) mass is 478 g/mol. The summed E-state index contributed by atoms with van der Waals surface area (Å²) in [5.41, 5.74) is 9.44. The molecule has 0 spiro atoms. The first-order valence-electron chi connectivity index (χ1n) is 12.7. The van der Waals surface area contributed by atoms with E-state index in [1.54, 1.807) is 0 Å². The van der Waals surface area contributed by atoms with Crippen molar-refractivity contribution < 1.29 is 4.74 Å². The molecular formula is C29H30N6O. The summed E-state index contributed by atoms with van der Waals surface area (Å²) in [5, 5.41) is 18.8. The van der Waals surface area contributed by atoms with E-state index in [0.29, 0.717) is 18.8 Å². The maximum Gasteiger partial charge on any atom is 0.104 e. The molecule has 4 aromatic rings. The van der Waals surface area contributed by atoms with Gasteiger partial charge in [0.15, 0.2) is 0 Å². The SMILES string of the molecule is N#Cc1c(NCCc2c[nH]c3ccccc23)ccc(Nc2ccnc3c2CCC3)c1N1CCOCC1. The van der Waals surface area contributed by atoms with Crippen molar-refractivity contribution in [3.05, 3.63) is 77.2 Å². The molecule has 1 saturated heterocycles. The van der Waals surface area contributed by atoms with Gasteiger partial charge in [-0.3, -0.25) is 4.98 Å². The number of ether oxygens (including phenoxy) is 1. The zero-order chi connectivity index (χ0) is 24.3. The fourth-order valence-electron chi connectivity index (χ4n) is 5.46. The van der Waals surface area contributed by atoms with Crippen LogP contribution < -0.4 is 15.5 Å². The lowest BCUT2D eigenvalue weighted by atomic mass is 10.1. The Labute approximate surface area is 211 Å². The van der Waals surface area contributed by atoms with E-state index in [1.807, 2.05) is 24.4 Å². The summed E-state index contributed by atoms with van der Waals surface area (Å²) < 4.78 is 5.61. The highest BCUT2D eigenvalue weighted by Crippen LogP contribution is 2.39. The third-order valence-corrected chi connectivity index (χ3v) is 7.26. The molecule has 0 bridgehead atoms.